The summed E-state index contributed by atoms with van der Waals surface area (Å²) in [6.45, 7) is 1.31. The molecule has 1 fully saturated rings. The molecule has 6 heteroatoms. The monoisotopic (exact) mass is 241 g/mol. The number of barbiturate groups is 1. The van der Waals surface area contributed by atoms with E-state index in [1.807, 2.05) is 14.1 Å². The summed E-state index contributed by atoms with van der Waals surface area (Å²) in [5.74, 6) is -0.813. The average molecular weight is 241 g/mol. The molecule has 0 aromatic carbocycles. The first-order valence-corrected chi connectivity index (χ1v) is 5.69. The van der Waals surface area contributed by atoms with Gasteiger partial charge in [0.1, 0.15) is 6.42 Å². The maximum absolute atomic E-state index is 11.7. The number of carbonyl (C=O) groups excluding carboxylic acids is 3. The van der Waals surface area contributed by atoms with Crippen molar-refractivity contribution in [3.05, 3.63) is 0 Å². The molecule has 4 amide bonds. The minimum Gasteiger partial charge on any atom is -0.309 e. The van der Waals surface area contributed by atoms with E-state index in [2.05, 4.69) is 4.90 Å². The summed E-state index contributed by atoms with van der Waals surface area (Å²) in [5, 5.41) is 0. The topological polar surface area (TPSA) is 60.9 Å². The van der Waals surface area contributed by atoms with Gasteiger partial charge in [0.15, 0.2) is 0 Å². The van der Waals surface area contributed by atoms with E-state index >= 15 is 0 Å². The van der Waals surface area contributed by atoms with Gasteiger partial charge in [-0.1, -0.05) is 0 Å². The molecule has 0 aromatic heterocycles. The summed E-state index contributed by atoms with van der Waals surface area (Å²) in [5.41, 5.74) is 0. The Labute approximate surface area is 101 Å². The van der Waals surface area contributed by atoms with Crippen molar-refractivity contribution < 1.29 is 14.4 Å². The molecule has 1 rings (SSSR count). The van der Waals surface area contributed by atoms with Gasteiger partial charge in [0.25, 0.3) is 0 Å². The summed E-state index contributed by atoms with van der Waals surface area (Å²) in [7, 11) is 5.36. The molecule has 0 aromatic rings. The summed E-state index contributed by atoms with van der Waals surface area (Å²) < 4.78 is 0. The van der Waals surface area contributed by atoms with Crippen molar-refractivity contribution in [2.75, 3.05) is 34.2 Å². The summed E-state index contributed by atoms with van der Waals surface area (Å²) in [4.78, 5) is 38.7. The first-order chi connectivity index (χ1) is 7.93. The first-order valence-electron chi connectivity index (χ1n) is 5.69. The highest BCUT2D eigenvalue weighted by molar-refractivity contribution is 6.13. The number of unbranched alkanes of at least 4 members (excludes halogenated alkanes) is 1. The van der Waals surface area contributed by atoms with E-state index in [0.29, 0.717) is 6.54 Å². The van der Waals surface area contributed by atoms with Gasteiger partial charge in [0.05, 0.1) is 0 Å². The standard InChI is InChI=1S/C11H19N3O3/c1-12(2)6-4-5-7-14-10(16)8-9(15)13(3)11(14)17/h4-8H2,1-3H3. The normalized spacial score (nSPS) is 17.3. The van der Waals surface area contributed by atoms with Crippen molar-refractivity contribution in [3.63, 3.8) is 0 Å². The minimum absolute atomic E-state index is 0.198. The second-order valence-corrected chi connectivity index (χ2v) is 4.47. The van der Waals surface area contributed by atoms with Gasteiger partial charge in [-0.05, 0) is 33.5 Å². The highest BCUT2D eigenvalue weighted by atomic mass is 16.2. The fourth-order valence-corrected chi connectivity index (χ4v) is 1.66. The first kappa shape index (κ1) is 13.6. The third kappa shape index (κ3) is 3.52. The van der Waals surface area contributed by atoms with Crippen molar-refractivity contribution in [1.29, 1.82) is 0 Å². The van der Waals surface area contributed by atoms with Crippen LogP contribution in [0.2, 0.25) is 0 Å². The zero-order valence-corrected chi connectivity index (χ0v) is 10.6. The third-order valence-electron chi connectivity index (χ3n) is 2.73. The maximum Gasteiger partial charge on any atom is 0.333 e. The van der Waals surface area contributed by atoms with Crippen LogP contribution in [0.1, 0.15) is 19.3 Å². The number of imide groups is 2. The lowest BCUT2D eigenvalue weighted by molar-refractivity contribution is -0.141. The molecule has 0 spiro atoms. The number of amides is 4. The van der Waals surface area contributed by atoms with Crippen LogP contribution >= 0.6 is 0 Å². The Balaban J connectivity index is 2.44. The molecule has 1 heterocycles. The van der Waals surface area contributed by atoms with Crippen LogP contribution in [0.3, 0.4) is 0 Å². The number of urea groups is 1. The van der Waals surface area contributed by atoms with Crippen LogP contribution in [0.4, 0.5) is 4.79 Å². The van der Waals surface area contributed by atoms with Crippen LogP contribution in [0.5, 0.6) is 0 Å². The molecule has 0 saturated carbocycles. The van der Waals surface area contributed by atoms with Gasteiger partial charge in [0.2, 0.25) is 11.8 Å². The molecular weight excluding hydrogens is 222 g/mol. The largest absolute Gasteiger partial charge is 0.333 e. The van der Waals surface area contributed by atoms with Gasteiger partial charge in [-0.3, -0.25) is 19.4 Å². The third-order valence-corrected chi connectivity index (χ3v) is 2.73. The Morgan fingerprint density at radius 1 is 1.12 bits per heavy atom. The van der Waals surface area contributed by atoms with E-state index in [-0.39, 0.29) is 12.3 Å². The van der Waals surface area contributed by atoms with Gasteiger partial charge in [-0.25, -0.2) is 4.79 Å². The second kappa shape index (κ2) is 5.77. The van der Waals surface area contributed by atoms with Crippen LogP contribution in [-0.2, 0) is 9.59 Å². The fraction of sp³-hybridized carbons (Fsp3) is 0.727. The SMILES string of the molecule is CN(C)CCCCN1C(=O)CC(=O)N(C)C1=O. The molecule has 6 nitrogen and oxygen atoms in total. The van der Waals surface area contributed by atoms with Crippen molar-refractivity contribution in [2.24, 2.45) is 0 Å². The zero-order chi connectivity index (χ0) is 13.0. The van der Waals surface area contributed by atoms with Crippen molar-refractivity contribution in [2.45, 2.75) is 19.3 Å². The lowest BCUT2D eigenvalue weighted by Gasteiger charge is -2.30. The van der Waals surface area contributed by atoms with Crippen molar-refractivity contribution in [3.8, 4) is 0 Å². The van der Waals surface area contributed by atoms with Crippen LogP contribution in [-0.4, -0.2) is 66.8 Å². The Hall–Kier alpha value is -1.43. The number of nitrogens with zero attached hydrogens (tertiary/aromatic N) is 3. The highest BCUT2D eigenvalue weighted by Crippen LogP contribution is 2.11. The molecule has 0 bridgehead atoms. The zero-order valence-electron chi connectivity index (χ0n) is 10.6. The number of hydrogen-bond donors (Lipinski definition) is 0. The smallest absolute Gasteiger partial charge is 0.309 e. The van der Waals surface area contributed by atoms with Gasteiger partial charge >= 0.3 is 6.03 Å². The van der Waals surface area contributed by atoms with Gasteiger partial charge in [-0.15, -0.1) is 0 Å². The minimum atomic E-state index is -0.504. The molecule has 1 aliphatic rings. The molecular formula is C11H19N3O3. The van der Waals surface area contributed by atoms with Gasteiger partial charge in [-0.2, -0.15) is 0 Å². The van der Waals surface area contributed by atoms with Crippen LogP contribution in [0.15, 0.2) is 0 Å². The van der Waals surface area contributed by atoms with Crippen LogP contribution < -0.4 is 0 Å². The molecule has 0 atom stereocenters. The molecule has 0 radical (unpaired) electrons. The average Bonchev–Trinajstić information content (AvgIpc) is 2.24. The van der Waals surface area contributed by atoms with Crippen LogP contribution in [0.25, 0.3) is 0 Å². The number of rotatable bonds is 5. The van der Waals surface area contributed by atoms with E-state index in [1.54, 1.807) is 0 Å². The number of carbonyl (C=O) groups is 3. The quantitative estimate of drug-likeness (QED) is 0.507. The van der Waals surface area contributed by atoms with Gasteiger partial charge in [0, 0.05) is 13.6 Å². The van der Waals surface area contributed by atoms with E-state index in [0.717, 1.165) is 29.2 Å². The highest BCUT2D eigenvalue weighted by Gasteiger charge is 2.34. The molecule has 0 aliphatic carbocycles. The van der Waals surface area contributed by atoms with Gasteiger partial charge < -0.3 is 4.90 Å². The molecule has 0 unspecified atom stereocenters. The Morgan fingerprint density at radius 3 is 2.35 bits per heavy atom. The van der Waals surface area contributed by atoms with Crippen LogP contribution in [0, 0.1) is 0 Å². The fourth-order valence-electron chi connectivity index (χ4n) is 1.66. The van der Waals surface area contributed by atoms with E-state index in [4.69, 9.17) is 0 Å². The summed E-state index contributed by atoms with van der Waals surface area (Å²) in [6.07, 6.45) is 1.48. The predicted octanol–water partition coefficient (Wildman–Crippen LogP) is 0.139. The van der Waals surface area contributed by atoms with Crippen molar-refractivity contribution in [1.82, 2.24) is 14.7 Å². The maximum atomic E-state index is 11.7. The van der Waals surface area contributed by atoms with Crippen molar-refractivity contribution >= 4 is 17.8 Å². The molecule has 0 N–H and O–H groups in total. The lowest BCUT2D eigenvalue weighted by Crippen LogP contribution is -2.53. The van der Waals surface area contributed by atoms with E-state index < -0.39 is 11.9 Å². The summed E-state index contributed by atoms with van der Waals surface area (Å²) >= 11 is 0. The summed E-state index contributed by atoms with van der Waals surface area (Å²) in [6, 6.07) is -0.504. The molecule has 96 valence electrons. The second-order valence-electron chi connectivity index (χ2n) is 4.47. The molecule has 17 heavy (non-hydrogen) atoms. The molecule has 1 aliphatic heterocycles. The lowest BCUT2D eigenvalue weighted by atomic mass is 10.2. The number of hydrogen-bond acceptors (Lipinski definition) is 4. The van der Waals surface area contributed by atoms with E-state index in [9.17, 15) is 14.4 Å². The van der Waals surface area contributed by atoms with E-state index in [1.165, 1.54) is 7.05 Å². The Kier molecular flexibility index (Phi) is 4.62. The molecule has 1 saturated heterocycles. The Bertz CT molecular complexity index is 328. The predicted molar refractivity (Wildman–Crippen MR) is 62.3 cm³/mol. The Morgan fingerprint density at radius 2 is 1.76 bits per heavy atom.